The Kier molecular flexibility index (Phi) is 6.61. The summed E-state index contributed by atoms with van der Waals surface area (Å²) in [6.07, 6.45) is 1.39. The highest BCUT2D eigenvalue weighted by Crippen LogP contribution is 2.24. The minimum Gasteiger partial charge on any atom is -0.345 e. The van der Waals surface area contributed by atoms with E-state index in [4.69, 9.17) is 11.6 Å². The number of rotatable bonds is 7. The fourth-order valence-electron chi connectivity index (χ4n) is 3.29. The zero-order valence-electron chi connectivity index (χ0n) is 17.4. The number of H-pyrrole nitrogens is 2. The molecular weight excluding hydrogens is 440 g/mol. The lowest BCUT2D eigenvalue weighted by atomic mass is 10.0. The van der Waals surface area contributed by atoms with Crippen LogP contribution in [0.2, 0.25) is 5.02 Å². The number of hydrogen-bond acceptors (Lipinski definition) is 3. The summed E-state index contributed by atoms with van der Waals surface area (Å²) in [5, 5.41) is 5.85. The number of aromatic nitrogens is 2. The highest BCUT2D eigenvalue weighted by atomic mass is 35.5. The predicted octanol–water partition coefficient (Wildman–Crippen LogP) is 3.90. The minimum absolute atomic E-state index is 0.0358. The van der Waals surface area contributed by atoms with Crippen molar-refractivity contribution >= 4 is 34.9 Å². The molecule has 0 spiro atoms. The van der Waals surface area contributed by atoms with Crippen LogP contribution in [0.5, 0.6) is 0 Å². The summed E-state index contributed by atoms with van der Waals surface area (Å²) in [4.78, 5) is 44.1. The first-order valence-corrected chi connectivity index (χ1v) is 10.5. The van der Waals surface area contributed by atoms with E-state index in [9.17, 15) is 14.4 Å². The molecule has 0 unspecified atom stereocenters. The molecule has 0 bridgehead atoms. The minimum atomic E-state index is -0.578. The van der Waals surface area contributed by atoms with Crippen molar-refractivity contribution in [3.05, 3.63) is 118 Å². The van der Waals surface area contributed by atoms with Gasteiger partial charge in [-0.05, 0) is 23.8 Å². The normalized spacial score (nSPS) is 10.5. The first kappa shape index (κ1) is 22.0. The van der Waals surface area contributed by atoms with E-state index >= 15 is 0 Å². The lowest BCUT2D eigenvalue weighted by Gasteiger charge is -2.10. The van der Waals surface area contributed by atoms with Crippen molar-refractivity contribution in [1.82, 2.24) is 10.3 Å². The topological polar surface area (TPSA) is 105 Å². The van der Waals surface area contributed by atoms with Gasteiger partial charge >= 0.3 is 0 Å². The molecule has 0 saturated carbocycles. The SMILES string of the molecule is O=C(c1ccccc1)c1cc(Cl)ccc1NC(=O)c1[nH+]c[nH]c1C(=O)NCc1ccccc1. The molecule has 0 aliphatic carbocycles. The molecule has 0 aliphatic rings. The van der Waals surface area contributed by atoms with Gasteiger partial charge in [0.15, 0.2) is 5.78 Å². The van der Waals surface area contributed by atoms with E-state index in [-0.39, 0.29) is 28.4 Å². The van der Waals surface area contributed by atoms with Crippen molar-refractivity contribution in [1.29, 1.82) is 0 Å². The zero-order valence-corrected chi connectivity index (χ0v) is 18.1. The Hall–Kier alpha value is -4.23. The highest BCUT2D eigenvalue weighted by Gasteiger charge is 2.27. The smallest absolute Gasteiger partial charge is 0.300 e. The van der Waals surface area contributed by atoms with E-state index in [1.54, 1.807) is 36.4 Å². The molecule has 33 heavy (non-hydrogen) atoms. The molecule has 8 heteroatoms. The molecule has 2 amide bonds. The maximum atomic E-state index is 13.0. The van der Waals surface area contributed by atoms with Gasteiger partial charge in [-0.3, -0.25) is 14.4 Å². The van der Waals surface area contributed by atoms with Crippen LogP contribution >= 0.6 is 11.6 Å². The molecular formula is C25H20ClN4O3+. The van der Waals surface area contributed by atoms with Gasteiger partial charge in [0, 0.05) is 22.7 Å². The van der Waals surface area contributed by atoms with E-state index in [2.05, 4.69) is 20.6 Å². The summed E-state index contributed by atoms with van der Waals surface area (Å²) < 4.78 is 0. The summed E-state index contributed by atoms with van der Waals surface area (Å²) in [7, 11) is 0. The van der Waals surface area contributed by atoms with Crippen molar-refractivity contribution in [3.63, 3.8) is 0 Å². The van der Waals surface area contributed by atoms with Crippen molar-refractivity contribution in [2.75, 3.05) is 5.32 Å². The van der Waals surface area contributed by atoms with Gasteiger partial charge in [-0.25, -0.2) is 9.97 Å². The summed E-state index contributed by atoms with van der Waals surface area (Å²) in [5.41, 5.74) is 2.03. The monoisotopic (exact) mass is 459 g/mol. The Morgan fingerprint density at radius 1 is 0.879 bits per heavy atom. The summed E-state index contributed by atoms with van der Waals surface area (Å²) in [6, 6.07) is 22.7. The van der Waals surface area contributed by atoms with E-state index < -0.39 is 11.8 Å². The van der Waals surface area contributed by atoms with Crippen molar-refractivity contribution in [2.45, 2.75) is 6.54 Å². The summed E-state index contributed by atoms with van der Waals surface area (Å²) in [6.45, 7) is 0.312. The average Bonchev–Trinajstić information content (AvgIpc) is 3.35. The molecule has 164 valence electrons. The zero-order chi connectivity index (χ0) is 23.2. The molecule has 0 fully saturated rings. The fourth-order valence-corrected chi connectivity index (χ4v) is 3.46. The van der Waals surface area contributed by atoms with E-state index in [1.807, 2.05) is 36.4 Å². The molecule has 4 aromatic rings. The van der Waals surface area contributed by atoms with Crippen molar-refractivity contribution in [2.24, 2.45) is 0 Å². The standard InChI is InChI=1S/C25H19ClN4O3/c26-18-11-12-20(19(13-18)23(31)17-9-5-2-6-10-17)30-25(33)22-21(28-15-29-22)24(32)27-14-16-7-3-1-4-8-16/h1-13,15H,14H2,(H,27,32)(H,28,29)(H,30,33)/p+1. The number of carbonyl (C=O) groups excluding carboxylic acids is 3. The van der Waals surface area contributed by atoms with Crippen LogP contribution in [0.3, 0.4) is 0 Å². The maximum absolute atomic E-state index is 13.0. The Labute approximate surface area is 194 Å². The van der Waals surface area contributed by atoms with Gasteiger partial charge in [-0.1, -0.05) is 72.3 Å². The molecule has 0 aliphatic heterocycles. The molecule has 4 rings (SSSR count). The fraction of sp³-hybridized carbons (Fsp3) is 0.0400. The van der Waals surface area contributed by atoms with Gasteiger partial charge in [0.25, 0.3) is 11.8 Å². The number of imidazole rings is 1. The Morgan fingerprint density at radius 3 is 2.30 bits per heavy atom. The van der Waals surface area contributed by atoms with Gasteiger partial charge in [0.05, 0.1) is 5.69 Å². The molecule has 3 aromatic carbocycles. The number of amides is 2. The van der Waals surface area contributed by atoms with E-state index in [0.29, 0.717) is 17.1 Å². The van der Waals surface area contributed by atoms with Gasteiger partial charge in [0.1, 0.15) is 0 Å². The number of aromatic amines is 2. The van der Waals surface area contributed by atoms with Crippen LogP contribution in [-0.2, 0) is 6.54 Å². The molecule has 1 aromatic heterocycles. The molecule has 0 saturated heterocycles. The highest BCUT2D eigenvalue weighted by molar-refractivity contribution is 6.31. The maximum Gasteiger partial charge on any atom is 0.300 e. The van der Waals surface area contributed by atoms with Crippen LogP contribution in [-0.4, -0.2) is 22.6 Å². The van der Waals surface area contributed by atoms with Gasteiger partial charge < -0.3 is 10.6 Å². The third-order valence-corrected chi connectivity index (χ3v) is 5.18. The first-order valence-electron chi connectivity index (χ1n) is 10.1. The predicted molar refractivity (Wildman–Crippen MR) is 124 cm³/mol. The number of nitrogens with one attached hydrogen (secondary N) is 4. The number of hydrogen-bond donors (Lipinski definition) is 3. The molecule has 7 nitrogen and oxygen atoms in total. The van der Waals surface area contributed by atoms with Gasteiger partial charge in [-0.15, -0.1) is 0 Å². The van der Waals surface area contributed by atoms with Crippen LogP contribution in [0.25, 0.3) is 0 Å². The molecule has 0 atom stereocenters. The van der Waals surface area contributed by atoms with Crippen molar-refractivity contribution in [3.8, 4) is 0 Å². The van der Waals surface area contributed by atoms with E-state index in [0.717, 1.165) is 5.56 Å². The number of benzene rings is 3. The van der Waals surface area contributed by atoms with Crippen molar-refractivity contribution < 1.29 is 19.4 Å². The molecule has 1 heterocycles. The average molecular weight is 460 g/mol. The third-order valence-electron chi connectivity index (χ3n) is 4.94. The van der Waals surface area contributed by atoms with Gasteiger partial charge in [0.2, 0.25) is 17.7 Å². The quantitative estimate of drug-likeness (QED) is 0.365. The Balaban J connectivity index is 1.54. The largest absolute Gasteiger partial charge is 0.345 e. The number of ketones is 1. The lowest BCUT2D eigenvalue weighted by molar-refractivity contribution is -0.379. The molecule has 0 radical (unpaired) electrons. The van der Waals surface area contributed by atoms with Crippen LogP contribution in [0.4, 0.5) is 5.69 Å². The Bertz CT molecular complexity index is 1300. The molecule has 4 N–H and O–H groups in total. The number of carbonyl (C=O) groups is 3. The summed E-state index contributed by atoms with van der Waals surface area (Å²) in [5.74, 6) is -1.31. The Morgan fingerprint density at radius 2 is 1.58 bits per heavy atom. The number of halogens is 1. The van der Waals surface area contributed by atoms with Gasteiger partial charge in [-0.2, -0.15) is 0 Å². The third kappa shape index (κ3) is 5.16. The first-order chi connectivity index (χ1) is 16.0. The summed E-state index contributed by atoms with van der Waals surface area (Å²) >= 11 is 6.11. The van der Waals surface area contributed by atoms with Crippen LogP contribution in [0.15, 0.2) is 85.2 Å². The number of anilines is 1. The second-order valence-corrected chi connectivity index (χ2v) is 7.63. The van der Waals surface area contributed by atoms with Crippen LogP contribution in [0, 0.1) is 0 Å². The van der Waals surface area contributed by atoms with Crippen LogP contribution < -0.4 is 15.6 Å². The second-order valence-electron chi connectivity index (χ2n) is 7.19. The van der Waals surface area contributed by atoms with Crippen LogP contribution in [0.1, 0.15) is 42.5 Å². The van der Waals surface area contributed by atoms with E-state index in [1.165, 1.54) is 12.4 Å². The second kappa shape index (κ2) is 9.93. The lowest BCUT2D eigenvalue weighted by Crippen LogP contribution is -2.29.